The molecule has 35 heavy (non-hydrogen) atoms. The zero-order chi connectivity index (χ0) is 27.3. The summed E-state index contributed by atoms with van der Waals surface area (Å²) in [7, 11) is 0. The highest BCUT2D eigenvalue weighted by atomic mass is 19.3. The molecule has 0 aromatic heterocycles. The van der Waals surface area contributed by atoms with Crippen LogP contribution in [0.2, 0.25) is 0 Å². The quantitative estimate of drug-likeness (QED) is 0.290. The highest BCUT2D eigenvalue weighted by Gasteiger charge is 2.35. The Kier molecular flexibility index (Phi) is 11.5. The van der Waals surface area contributed by atoms with Crippen molar-refractivity contribution >= 4 is 0 Å². The molecule has 0 unspecified atom stereocenters. The van der Waals surface area contributed by atoms with Gasteiger partial charge in [0.2, 0.25) is 0 Å². The Hall–Kier alpha value is -0.470. The van der Waals surface area contributed by atoms with Crippen LogP contribution < -0.4 is 0 Å². The third kappa shape index (κ3) is 12.6. The molecule has 0 radical (unpaired) electrons. The number of alkyl halides is 3. The summed E-state index contributed by atoms with van der Waals surface area (Å²) in [6.45, 7) is 24.3. The van der Waals surface area contributed by atoms with Crippen LogP contribution in [-0.4, -0.2) is 11.6 Å². The Balaban J connectivity index is 0.000000263. The highest BCUT2D eigenvalue weighted by Crippen LogP contribution is 2.43. The van der Waals surface area contributed by atoms with Crippen LogP contribution in [-0.2, 0) is 0 Å². The van der Waals surface area contributed by atoms with Crippen LogP contribution in [0, 0.1) is 34.0 Å². The van der Waals surface area contributed by atoms with Gasteiger partial charge in [-0.15, -0.1) is 0 Å². The third-order valence-corrected chi connectivity index (χ3v) is 8.86. The first kappa shape index (κ1) is 32.6. The summed E-state index contributed by atoms with van der Waals surface area (Å²) >= 11 is 0. The van der Waals surface area contributed by atoms with Crippen LogP contribution in [0.4, 0.5) is 13.2 Å². The van der Waals surface area contributed by atoms with Crippen LogP contribution in [0.25, 0.3) is 0 Å². The van der Waals surface area contributed by atoms with Crippen molar-refractivity contribution in [1.29, 1.82) is 0 Å². The van der Waals surface area contributed by atoms with Crippen molar-refractivity contribution in [2.75, 3.05) is 0 Å². The summed E-state index contributed by atoms with van der Waals surface area (Å²) in [4.78, 5) is 0. The summed E-state index contributed by atoms with van der Waals surface area (Å²) in [6, 6.07) is 0. The van der Waals surface area contributed by atoms with Crippen LogP contribution in [0.15, 0.2) is 11.6 Å². The normalized spacial score (nSPS) is 31.8. The Morgan fingerprint density at radius 1 is 0.686 bits per heavy atom. The van der Waals surface area contributed by atoms with E-state index in [-0.39, 0.29) is 18.3 Å². The predicted molar refractivity (Wildman–Crippen MR) is 148 cm³/mol. The lowest BCUT2D eigenvalue weighted by atomic mass is 9.69. The summed E-state index contributed by atoms with van der Waals surface area (Å²) in [5.74, 6) is 0.253. The van der Waals surface area contributed by atoms with Crippen molar-refractivity contribution in [3.05, 3.63) is 11.6 Å². The largest absolute Gasteiger partial charge is 0.251 e. The first-order chi connectivity index (χ1) is 15.6. The molecule has 0 spiro atoms. The molecule has 3 rings (SSSR count). The molecule has 0 N–H and O–H groups in total. The molecule has 0 bridgehead atoms. The van der Waals surface area contributed by atoms with Crippen LogP contribution in [0.3, 0.4) is 0 Å². The van der Waals surface area contributed by atoms with Crippen molar-refractivity contribution in [3.8, 4) is 0 Å². The van der Waals surface area contributed by atoms with E-state index in [1.807, 2.05) is 0 Å². The summed E-state index contributed by atoms with van der Waals surface area (Å²) in [6.07, 6.45) is 11.7. The Morgan fingerprint density at radius 3 is 1.46 bits per heavy atom. The predicted octanol–water partition coefficient (Wildman–Crippen LogP) is 11.6. The molecule has 0 saturated heterocycles. The van der Waals surface area contributed by atoms with Crippen molar-refractivity contribution in [1.82, 2.24) is 0 Å². The first-order valence-corrected chi connectivity index (χ1v) is 14.4. The maximum absolute atomic E-state index is 13.4. The summed E-state index contributed by atoms with van der Waals surface area (Å²) < 4.78 is 38.9. The minimum Gasteiger partial charge on any atom is -0.244 e. The molecule has 0 atom stereocenters. The molecule has 3 heteroatoms. The van der Waals surface area contributed by atoms with E-state index in [0.29, 0.717) is 17.3 Å². The van der Waals surface area contributed by atoms with E-state index < -0.39 is 11.6 Å². The number of halogens is 3. The van der Waals surface area contributed by atoms with Crippen LogP contribution >= 0.6 is 0 Å². The minimum absolute atomic E-state index is 0.0239. The Bertz CT molecular complexity index is 634. The number of hydrogen-bond acceptors (Lipinski definition) is 0. The second-order valence-electron chi connectivity index (χ2n) is 15.4. The smallest absolute Gasteiger partial charge is 0.244 e. The molecule has 0 nitrogen and oxygen atoms in total. The molecular weight excluding hydrogens is 441 g/mol. The zero-order valence-electron chi connectivity index (χ0n) is 25.2. The SMILES string of the molecule is CC(C)(C)C1=CCC(F)(F)CC1.CC1(F)CCC(C(C)(C)C)CC1.CC1CCC(C(C)(C)C)CC1. The zero-order valence-corrected chi connectivity index (χ0v) is 25.2. The average Bonchev–Trinajstić information content (AvgIpc) is 2.66. The van der Waals surface area contributed by atoms with Crippen molar-refractivity contribution < 1.29 is 13.2 Å². The fraction of sp³-hybridized carbons (Fsp3) is 0.938. The van der Waals surface area contributed by atoms with E-state index in [1.165, 1.54) is 31.3 Å². The van der Waals surface area contributed by atoms with E-state index in [2.05, 4.69) is 69.2 Å². The lowest BCUT2D eigenvalue weighted by Gasteiger charge is -2.38. The third-order valence-electron chi connectivity index (χ3n) is 8.86. The van der Waals surface area contributed by atoms with E-state index in [9.17, 15) is 13.2 Å². The maximum atomic E-state index is 13.4. The standard InChI is InChI=1S/C11H21F.C11H22.C10H16F2/c1-10(2,3)9-5-7-11(4,12)8-6-9;1-9-5-7-10(8-6-9)11(2,3)4;1-9(2,3)8-4-6-10(11,12)7-5-8/h9H,5-8H2,1-4H3;9-10H,5-8H2,1-4H3;4H,5-7H2,1-3H3. The molecule has 208 valence electrons. The Labute approximate surface area is 217 Å². The van der Waals surface area contributed by atoms with E-state index in [0.717, 1.165) is 43.4 Å². The molecule has 3 aliphatic carbocycles. The lowest BCUT2D eigenvalue weighted by molar-refractivity contribution is -0.0104. The lowest BCUT2D eigenvalue weighted by Crippen LogP contribution is -2.31. The number of allylic oxidation sites excluding steroid dienone is 2. The second-order valence-corrected chi connectivity index (χ2v) is 15.4. The van der Waals surface area contributed by atoms with Gasteiger partial charge >= 0.3 is 0 Å². The summed E-state index contributed by atoms with van der Waals surface area (Å²) in [5.41, 5.74) is 1.29. The monoisotopic (exact) mass is 500 g/mol. The van der Waals surface area contributed by atoms with Crippen molar-refractivity contribution in [3.63, 3.8) is 0 Å². The van der Waals surface area contributed by atoms with Gasteiger partial charge in [0.1, 0.15) is 5.67 Å². The average molecular weight is 501 g/mol. The number of rotatable bonds is 0. The van der Waals surface area contributed by atoms with Crippen LogP contribution in [0.1, 0.15) is 147 Å². The molecule has 2 fully saturated rings. The first-order valence-electron chi connectivity index (χ1n) is 14.4. The molecule has 0 aromatic rings. The summed E-state index contributed by atoms with van der Waals surface area (Å²) in [5, 5.41) is 0. The van der Waals surface area contributed by atoms with Crippen molar-refractivity contribution in [2.24, 2.45) is 34.0 Å². The minimum atomic E-state index is -2.45. The van der Waals surface area contributed by atoms with Gasteiger partial charge in [0.05, 0.1) is 0 Å². The van der Waals surface area contributed by atoms with Gasteiger partial charge in [-0.05, 0) is 85.9 Å². The Morgan fingerprint density at radius 2 is 1.11 bits per heavy atom. The molecule has 0 aromatic carbocycles. The molecule has 2 saturated carbocycles. The van der Waals surface area contributed by atoms with Gasteiger partial charge in [0.15, 0.2) is 0 Å². The maximum Gasteiger partial charge on any atom is 0.251 e. The van der Waals surface area contributed by atoms with Crippen LogP contribution in [0.5, 0.6) is 0 Å². The molecule has 3 aliphatic rings. The van der Waals surface area contributed by atoms with Crippen molar-refractivity contribution in [2.45, 2.75) is 158 Å². The van der Waals surface area contributed by atoms with Gasteiger partial charge in [-0.2, -0.15) is 0 Å². The van der Waals surface area contributed by atoms with E-state index in [4.69, 9.17) is 0 Å². The van der Waals surface area contributed by atoms with E-state index >= 15 is 0 Å². The number of hydrogen-bond donors (Lipinski definition) is 0. The highest BCUT2D eigenvalue weighted by molar-refractivity contribution is 5.15. The van der Waals surface area contributed by atoms with Gasteiger partial charge in [0, 0.05) is 12.8 Å². The molecule has 0 aliphatic heterocycles. The van der Waals surface area contributed by atoms with Gasteiger partial charge in [-0.1, -0.05) is 93.7 Å². The molecule has 0 amide bonds. The molecular formula is C32H59F3. The van der Waals surface area contributed by atoms with Gasteiger partial charge < -0.3 is 0 Å². The van der Waals surface area contributed by atoms with Gasteiger partial charge in [-0.3, -0.25) is 0 Å². The van der Waals surface area contributed by atoms with E-state index in [1.54, 1.807) is 13.0 Å². The van der Waals surface area contributed by atoms with Gasteiger partial charge in [-0.25, -0.2) is 13.2 Å². The topological polar surface area (TPSA) is 0 Å². The fourth-order valence-corrected chi connectivity index (χ4v) is 5.69. The fourth-order valence-electron chi connectivity index (χ4n) is 5.69. The second kappa shape index (κ2) is 12.4. The molecule has 0 heterocycles. The van der Waals surface area contributed by atoms with Gasteiger partial charge in [0.25, 0.3) is 5.92 Å².